The van der Waals surface area contributed by atoms with Crippen LogP contribution >= 0.6 is 11.6 Å². The van der Waals surface area contributed by atoms with Crippen molar-refractivity contribution in [1.82, 2.24) is 5.32 Å². The fourth-order valence-electron chi connectivity index (χ4n) is 2.18. The fraction of sp³-hybridized carbons (Fsp3) is 0.167. The van der Waals surface area contributed by atoms with Gasteiger partial charge in [-0.15, -0.1) is 11.6 Å². The fourth-order valence-corrected chi connectivity index (χ4v) is 2.40. The SMILES string of the molecule is O=C(CNC(=O)OCc1ccc([N+](=O)[O-])cc1)Oc1ccc(C(=O)O)c(CCl)c1. The number of alkyl halides is 1. The lowest BCUT2D eigenvalue weighted by Crippen LogP contribution is -2.32. The van der Waals surface area contributed by atoms with Crippen molar-refractivity contribution in [3.8, 4) is 5.75 Å². The lowest BCUT2D eigenvalue weighted by molar-refractivity contribution is -0.384. The van der Waals surface area contributed by atoms with E-state index in [-0.39, 0.29) is 35.1 Å². The number of amides is 1. The van der Waals surface area contributed by atoms with Crippen molar-refractivity contribution in [2.24, 2.45) is 0 Å². The normalized spacial score (nSPS) is 10.1. The van der Waals surface area contributed by atoms with Gasteiger partial charge in [-0.1, -0.05) is 0 Å². The highest BCUT2D eigenvalue weighted by Gasteiger charge is 2.13. The van der Waals surface area contributed by atoms with Gasteiger partial charge >= 0.3 is 18.0 Å². The number of nitrogens with zero attached hydrogens (tertiary/aromatic N) is 1. The molecule has 0 bridgehead atoms. The Bertz CT molecular complexity index is 930. The topological polar surface area (TPSA) is 145 Å². The van der Waals surface area contributed by atoms with E-state index in [1.54, 1.807) is 0 Å². The third kappa shape index (κ3) is 6.47. The molecule has 0 spiro atoms. The quantitative estimate of drug-likeness (QED) is 0.217. The predicted octanol–water partition coefficient (Wildman–Crippen LogP) is 2.86. The van der Waals surface area contributed by atoms with Gasteiger partial charge < -0.3 is 19.9 Å². The van der Waals surface area contributed by atoms with Gasteiger partial charge in [0.25, 0.3) is 5.69 Å². The number of esters is 1. The van der Waals surface area contributed by atoms with Crippen LogP contribution in [0.4, 0.5) is 10.5 Å². The number of hydrogen-bond donors (Lipinski definition) is 2. The molecule has 1 amide bonds. The van der Waals surface area contributed by atoms with Gasteiger partial charge in [-0.25, -0.2) is 14.4 Å². The highest BCUT2D eigenvalue weighted by Crippen LogP contribution is 2.20. The van der Waals surface area contributed by atoms with Gasteiger partial charge in [-0.2, -0.15) is 0 Å². The summed E-state index contributed by atoms with van der Waals surface area (Å²) in [5, 5.41) is 21.8. The van der Waals surface area contributed by atoms with Crippen molar-refractivity contribution in [2.75, 3.05) is 6.54 Å². The van der Waals surface area contributed by atoms with Gasteiger partial charge in [0, 0.05) is 18.0 Å². The number of ether oxygens (including phenoxy) is 2. The summed E-state index contributed by atoms with van der Waals surface area (Å²) in [6.07, 6.45) is -0.886. The van der Waals surface area contributed by atoms with Crippen LogP contribution in [0.5, 0.6) is 5.75 Å². The van der Waals surface area contributed by atoms with Crippen LogP contribution in [0.25, 0.3) is 0 Å². The molecule has 0 saturated heterocycles. The Kier molecular flexibility index (Phi) is 7.49. The molecule has 29 heavy (non-hydrogen) atoms. The van der Waals surface area contributed by atoms with E-state index in [4.69, 9.17) is 26.2 Å². The Morgan fingerprint density at radius 1 is 1.14 bits per heavy atom. The lowest BCUT2D eigenvalue weighted by atomic mass is 10.1. The number of benzene rings is 2. The van der Waals surface area contributed by atoms with Crippen LogP contribution in [0.1, 0.15) is 21.5 Å². The molecule has 2 aromatic rings. The summed E-state index contributed by atoms with van der Waals surface area (Å²) < 4.78 is 9.91. The maximum atomic E-state index is 11.8. The molecule has 0 unspecified atom stereocenters. The van der Waals surface area contributed by atoms with Crippen molar-refractivity contribution in [3.63, 3.8) is 0 Å². The number of halogens is 1. The first-order chi connectivity index (χ1) is 13.8. The van der Waals surface area contributed by atoms with Gasteiger partial charge in [0.15, 0.2) is 0 Å². The summed E-state index contributed by atoms with van der Waals surface area (Å²) in [5.41, 5.74) is 0.711. The minimum atomic E-state index is -1.16. The molecule has 0 saturated carbocycles. The maximum absolute atomic E-state index is 11.8. The van der Waals surface area contributed by atoms with E-state index >= 15 is 0 Å². The van der Waals surface area contributed by atoms with Crippen molar-refractivity contribution >= 4 is 35.3 Å². The molecule has 0 fully saturated rings. The standard InChI is InChI=1S/C18H15ClN2O8/c19-8-12-7-14(5-6-15(12)17(23)24)29-16(22)9-20-18(25)28-10-11-1-3-13(4-2-11)21(26)27/h1-7H,8-10H2,(H,20,25)(H,23,24). The molecule has 0 heterocycles. The second kappa shape index (κ2) is 10.0. The summed E-state index contributed by atoms with van der Waals surface area (Å²) in [6, 6.07) is 9.31. The van der Waals surface area contributed by atoms with E-state index in [2.05, 4.69) is 5.32 Å². The number of aromatic carboxylic acids is 1. The Labute approximate surface area is 169 Å². The number of rotatable bonds is 8. The number of hydrogen-bond acceptors (Lipinski definition) is 7. The highest BCUT2D eigenvalue weighted by molar-refractivity contribution is 6.17. The number of carbonyl (C=O) groups excluding carboxylic acids is 2. The van der Waals surface area contributed by atoms with Gasteiger partial charge in [0.1, 0.15) is 18.9 Å². The summed E-state index contributed by atoms with van der Waals surface area (Å²) in [7, 11) is 0. The molecule has 0 aliphatic carbocycles. The summed E-state index contributed by atoms with van der Waals surface area (Å²) in [6.45, 7) is -0.634. The minimum absolute atomic E-state index is 0.00672. The average molecular weight is 423 g/mol. The van der Waals surface area contributed by atoms with Crippen molar-refractivity contribution in [3.05, 3.63) is 69.3 Å². The van der Waals surface area contributed by atoms with Crippen LogP contribution in [0, 0.1) is 10.1 Å². The van der Waals surface area contributed by atoms with Crippen LogP contribution in [0.2, 0.25) is 0 Å². The van der Waals surface area contributed by atoms with Gasteiger partial charge in [-0.3, -0.25) is 10.1 Å². The van der Waals surface area contributed by atoms with Crippen LogP contribution in [-0.4, -0.2) is 34.6 Å². The number of carbonyl (C=O) groups is 3. The van der Waals surface area contributed by atoms with Crippen LogP contribution in [0.15, 0.2) is 42.5 Å². The molecule has 0 atom stereocenters. The first kappa shape index (κ1) is 21.6. The zero-order valence-corrected chi connectivity index (χ0v) is 15.5. The first-order valence-electron chi connectivity index (χ1n) is 8.07. The Morgan fingerprint density at radius 3 is 2.41 bits per heavy atom. The average Bonchev–Trinajstić information content (AvgIpc) is 2.70. The number of carboxylic acid groups (broad SMARTS) is 1. The van der Waals surface area contributed by atoms with Gasteiger partial charge in [0.05, 0.1) is 10.5 Å². The molecular weight excluding hydrogens is 408 g/mol. The minimum Gasteiger partial charge on any atom is -0.478 e. The Hall–Kier alpha value is -3.66. The zero-order chi connectivity index (χ0) is 21.4. The molecule has 11 heteroatoms. The number of carboxylic acids is 1. The number of non-ortho nitro benzene ring substituents is 1. The zero-order valence-electron chi connectivity index (χ0n) is 14.8. The van der Waals surface area contributed by atoms with Crippen LogP contribution < -0.4 is 10.1 Å². The molecule has 0 aliphatic heterocycles. The lowest BCUT2D eigenvalue weighted by Gasteiger charge is -2.09. The maximum Gasteiger partial charge on any atom is 0.407 e. The highest BCUT2D eigenvalue weighted by atomic mass is 35.5. The second-order valence-electron chi connectivity index (χ2n) is 5.59. The third-order valence-corrected chi connectivity index (χ3v) is 3.86. The summed E-state index contributed by atoms with van der Waals surface area (Å²) in [4.78, 5) is 44.5. The molecular formula is C18H15ClN2O8. The van der Waals surface area contributed by atoms with E-state index in [1.807, 2.05) is 0 Å². The van der Waals surface area contributed by atoms with Crippen LogP contribution in [-0.2, 0) is 22.0 Å². The van der Waals surface area contributed by atoms with E-state index in [9.17, 15) is 24.5 Å². The van der Waals surface area contributed by atoms with Crippen molar-refractivity contribution < 1.29 is 33.9 Å². The smallest absolute Gasteiger partial charge is 0.407 e. The van der Waals surface area contributed by atoms with E-state index in [1.165, 1.54) is 42.5 Å². The second-order valence-corrected chi connectivity index (χ2v) is 5.85. The molecule has 0 aromatic heterocycles. The molecule has 2 rings (SSSR count). The van der Waals surface area contributed by atoms with Crippen molar-refractivity contribution in [1.29, 1.82) is 0 Å². The number of alkyl carbamates (subject to hydrolysis) is 1. The Morgan fingerprint density at radius 2 is 1.83 bits per heavy atom. The van der Waals surface area contributed by atoms with E-state index in [0.29, 0.717) is 5.56 Å². The largest absolute Gasteiger partial charge is 0.478 e. The molecule has 2 N–H and O–H groups in total. The number of nitrogens with one attached hydrogen (secondary N) is 1. The van der Waals surface area contributed by atoms with Crippen LogP contribution in [0.3, 0.4) is 0 Å². The van der Waals surface area contributed by atoms with E-state index in [0.717, 1.165) is 0 Å². The van der Waals surface area contributed by atoms with Gasteiger partial charge in [0.2, 0.25) is 0 Å². The third-order valence-electron chi connectivity index (χ3n) is 3.58. The monoisotopic (exact) mass is 422 g/mol. The molecule has 10 nitrogen and oxygen atoms in total. The Balaban J connectivity index is 1.80. The van der Waals surface area contributed by atoms with Gasteiger partial charge in [-0.05, 0) is 41.5 Å². The number of nitro groups is 1. The van der Waals surface area contributed by atoms with Crippen molar-refractivity contribution in [2.45, 2.75) is 12.5 Å². The predicted molar refractivity (Wildman–Crippen MR) is 99.9 cm³/mol. The molecule has 152 valence electrons. The molecule has 0 radical (unpaired) electrons. The number of nitro benzene ring substituents is 1. The molecule has 2 aromatic carbocycles. The summed E-state index contributed by atoms with van der Waals surface area (Å²) in [5.74, 6) is -1.96. The molecule has 0 aliphatic rings. The first-order valence-corrected chi connectivity index (χ1v) is 8.60. The van der Waals surface area contributed by atoms with E-state index < -0.39 is 29.5 Å². The summed E-state index contributed by atoms with van der Waals surface area (Å²) >= 11 is 5.69.